The number of benzene rings is 1. The Morgan fingerprint density at radius 2 is 1.97 bits per heavy atom. The van der Waals surface area contributed by atoms with Crippen molar-refractivity contribution < 1.29 is 4.74 Å². The lowest BCUT2D eigenvalue weighted by Gasteiger charge is -2.25. The predicted octanol–water partition coefficient (Wildman–Crippen LogP) is 2.84. The molecule has 0 amide bonds. The summed E-state index contributed by atoms with van der Waals surface area (Å²) in [6.07, 6.45) is 9.40. The van der Waals surface area contributed by atoms with E-state index < -0.39 is 5.92 Å². The maximum absolute atomic E-state index is 9.92. The van der Waals surface area contributed by atoms with Gasteiger partial charge in [-0.2, -0.15) is 10.4 Å². The highest BCUT2D eigenvalue weighted by molar-refractivity contribution is 5.68. The van der Waals surface area contributed by atoms with Crippen molar-refractivity contribution in [3.63, 3.8) is 0 Å². The summed E-state index contributed by atoms with van der Waals surface area (Å²) < 4.78 is 9.46. The molecular formula is C23H20N8O. The van der Waals surface area contributed by atoms with E-state index in [0.29, 0.717) is 22.8 Å². The van der Waals surface area contributed by atoms with E-state index in [2.05, 4.69) is 33.0 Å². The third-order valence-corrected chi connectivity index (χ3v) is 5.54. The Hall–Kier alpha value is -4.45. The van der Waals surface area contributed by atoms with Crippen LogP contribution in [0.25, 0.3) is 17.1 Å². The Morgan fingerprint density at radius 1 is 1.16 bits per heavy atom. The fraction of sp³-hybridized carbons (Fsp3) is 0.174. The lowest BCUT2D eigenvalue weighted by molar-refractivity contribution is 0.358. The third-order valence-electron chi connectivity index (χ3n) is 5.54. The molecule has 158 valence electrons. The summed E-state index contributed by atoms with van der Waals surface area (Å²) >= 11 is 0. The van der Waals surface area contributed by atoms with Gasteiger partial charge in [-0.15, -0.1) is 0 Å². The number of hydrogen-bond donors (Lipinski definition) is 1. The van der Waals surface area contributed by atoms with Crippen LogP contribution in [0.15, 0.2) is 66.7 Å². The molecule has 1 aliphatic rings. The summed E-state index contributed by atoms with van der Waals surface area (Å²) in [6.45, 7) is 2.07. The second-order valence-corrected chi connectivity index (χ2v) is 7.37. The molecule has 32 heavy (non-hydrogen) atoms. The van der Waals surface area contributed by atoms with E-state index in [1.54, 1.807) is 36.5 Å². The van der Waals surface area contributed by atoms with E-state index in [1.165, 1.54) is 0 Å². The van der Waals surface area contributed by atoms with Crippen LogP contribution in [0.2, 0.25) is 0 Å². The number of hydrogen-bond acceptors (Lipinski definition) is 7. The lowest BCUT2D eigenvalue weighted by atomic mass is 9.83. The molecule has 2 N–H and O–H groups in total. The van der Waals surface area contributed by atoms with Crippen LogP contribution in [0.1, 0.15) is 29.8 Å². The zero-order valence-corrected chi connectivity index (χ0v) is 17.6. The van der Waals surface area contributed by atoms with E-state index in [1.807, 2.05) is 35.0 Å². The molecule has 5 rings (SSSR count). The van der Waals surface area contributed by atoms with Crippen molar-refractivity contribution in [1.29, 1.82) is 5.26 Å². The molecule has 0 fully saturated rings. The monoisotopic (exact) mass is 424 g/mol. The molecule has 0 saturated carbocycles. The van der Waals surface area contributed by atoms with Crippen LogP contribution in [0, 0.1) is 11.3 Å². The summed E-state index contributed by atoms with van der Waals surface area (Å²) in [4.78, 5) is 13.0. The van der Waals surface area contributed by atoms with Gasteiger partial charge in [-0.05, 0) is 17.7 Å². The Balaban J connectivity index is 1.66. The van der Waals surface area contributed by atoms with Gasteiger partial charge in [0.05, 0.1) is 17.7 Å². The molecule has 0 radical (unpaired) electrons. The summed E-state index contributed by atoms with van der Waals surface area (Å²) in [5.41, 5.74) is 10.3. The average molecular weight is 424 g/mol. The first-order valence-electron chi connectivity index (χ1n) is 10.2. The minimum Gasteiger partial charge on any atom is -0.422 e. The molecule has 9 nitrogen and oxygen atoms in total. The Kier molecular flexibility index (Phi) is 4.67. The number of rotatable bonds is 4. The summed E-state index contributed by atoms with van der Waals surface area (Å²) in [5.74, 6) is 1.09. The molecule has 1 aliphatic heterocycles. The normalized spacial score (nSPS) is 15.2. The number of nitriles is 1. The number of fused-ring (bicyclic) bond motifs is 1. The summed E-state index contributed by atoms with van der Waals surface area (Å²) in [6, 6.07) is 10.2. The standard InChI is InChI=1S/C23H20N8O/c1-3-18-28-10-11-31(18)15-6-4-14(5-7-15)19-16(12-24)22(25)32-23-20(19)21(29-30(23)2)17-13-26-8-9-27-17/h4-11,13,19H,3,25H2,1-2H3. The van der Waals surface area contributed by atoms with Crippen molar-refractivity contribution in [2.45, 2.75) is 19.3 Å². The highest BCUT2D eigenvalue weighted by Gasteiger charge is 2.37. The quantitative estimate of drug-likeness (QED) is 0.535. The number of ether oxygens (including phenoxy) is 1. The molecule has 1 aromatic carbocycles. The van der Waals surface area contributed by atoms with Gasteiger partial charge in [0, 0.05) is 43.9 Å². The predicted molar refractivity (Wildman–Crippen MR) is 116 cm³/mol. The van der Waals surface area contributed by atoms with Crippen molar-refractivity contribution in [3.05, 3.63) is 83.7 Å². The molecule has 9 heteroatoms. The van der Waals surface area contributed by atoms with Crippen molar-refractivity contribution in [2.24, 2.45) is 12.8 Å². The highest BCUT2D eigenvalue weighted by Crippen LogP contribution is 2.46. The third kappa shape index (κ3) is 3.01. The van der Waals surface area contributed by atoms with Gasteiger partial charge in [0.1, 0.15) is 28.9 Å². The first-order chi connectivity index (χ1) is 15.6. The number of imidazole rings is 1. The van der Waals surface area contributed by atoms with E-state index in [9.17, 15) is 5.26 Å². The average Bonchev–Trinajstić information content (AvgIpc) is 3.43. The molecule has 0 saturated heterocycles. The van der Waals surface area contributed by atoms with Crippen molar-refractivity contribution >= 4 is 0 Å². The number of allylic oxidation sites excluding steroid dienone is 1. The molecule has 0 spiro atoms. The maximum Gasteiger partial charge on any atom is 0.224 e. The molecule has 0 bridgehead atoms. The second kappa shape index (κ2) is 7.67. The first-order valence-corrected chi connectivity index (χ1v) is 10.2. The largest absolute Gasteiger partial charge is 0.422 e. The van der Waals surface area contributed by atoms with Crippen LogP contribution in [0.3, 0.4) is 0 Å². The minimum absolute atomic E-state index is 0.0747. The summed E-state index contributed by atoms with van der Waals surface area (Å²) in [7, 11) is 1.77. The topological polar surface area (TPSA) is 120 Å². The molecule has 1 unspecified atom stereocenters. The van der Waals surface area contributed by atoms with Crippen LogP contribution in [-0.4, -0.2) is 29.3 Å². The molecule has 0 aliphatic carbocycles. The smallest absolute Gasteiger partial charge is 0.224 e. The minimum atomic E-state index is -0.447. The summed E-state index contributed by atoms with van der Waals surface area (Å²) in [5, 5.41) is 14.5. The van der Waals surface area contributed by atoms with Crippen molar-refractivity contribution in [1.82, 2.24) is 29.3 Å². The molecule has 4 heterocycles. The lowest BCUT2D eigenvalue weighted by Crippen LogP contribution is -2.22. The molecule has 1 atom stereocenters. The Morgan fingerprint density at radius 3 is 2.66 bits per heavy atom. The Bertz CT molecular complexity index is 1360. The van der Waals surface area contributed by atoms with Crippen LogP contribution in [-0.2, 0) is 13.5 Å². The maximum atomic E-state index is 9.92. The zero-order valence-electron chi connectivity index (χ0n) is 17.6. The number of nitrogens with two attached hydrogens (primary N) is 1. The van der Waals surface area contributed by atoms with Crippen LogP contribution in [0.4, 0.5) is 0 Å². The first kappa shape index (κ1) is 19.5. The SMILES string of the molecule is CCc1nccn1-c1ccc(C2C(C#N)=C(N)Oc3c2c(-c2cnccn2)nn3C)cc1. The van der Waals surface area contributed by atoms with Gasteiger partial charge in [0.15, 0.2) is 0 Å². The number of aromatic nitrogens is 6. The van der Waals surface area contributed by atoms with E-state index in [0.717, 1.165) is 29.1 Å². The second-order valence-electron chi connectivity index (χ2n) is 7.37. The van der Waals surface area contributed by atoms with Crippen LogP contribution < -0.4 is 10.5 Å². The molecule has 4 aromatic rings. The van der Waals surface area contributed by atoms with Gasteiger partial charge in [-0.25, -0.2) is 9.67 Å². The molecule has 3 aromatic heterocycles. The Labute approximate surface area is 184 Å². The molecular weight excluding hydrogens is 404 g/mol. The van der Waals surface area contributed by atoms with E-state index >= 15 is 0 Å². The highest BCUT2D eigenvalue weighted by atomic mass is 16.5. The van der Waals surface area contributed by atoms with Gasteiger partial charge in [-0.3, -0.25) is 9.97 Å². The van der Waals surface area contributed by atoms with Crippen molar-refractivity contribution in [2.75, 3.05) is 0 Å². The van der Waals surface area contributed by atoms with Gasteiger partial charge >= 0.3 is 0 Å². The number of nitrogens with zero attached hydrogens (tertiary/aromatic N) is 7. The van der Waals surface area contributed by atoms with E-state index in [4.69, 9.17) is 10.5 Å². The fourth-order valence-electron chi connectivity index (χ4n) is 4.07. The van der Waals surface area contributed by atoms with Crippen molar-refractivity contribution in [3.8, 4) is 29.0 Å². The van der Waals surface area contributed by atoms with Crippen LogP contribution >= 0.6 is 0 Å². The van der Waals surface area contributed by atoms with Crippen LogP contribution in [0.5, 0.6) is 5.88 Å². The van der Waals surface area contributed by atoms with E-state index in [-0.39, 0.29) is 5.88 Å². The van der Waals surface area contributed by atoms with Gasteiger partial charge in [-0.1, -0.05) is 19.1 Å². The fourth-order valence-corrected chi connectivity index (χ4v) is 4.07. The van der Waals surface area contributed by atoms with Gasteiger partial charge in [0.25, 0.3) is 0 Å². The van der Waals surface area contributed by atoms with Gasteiger partial charge < -0.3 is 15.0 Å². The zero-order chi connectivity index (χ0) is 22.2. The number of aryl methyl sites for hydroxylation is 2. The van der Waals surface area contributed by atoms with Gasteiger partial charge in [0.2, 0.25) is 11.8 Å².